The number of hydrogen-bond acceptors (Lipinski definition) is 4. The van der Waals surface area contributed by atoms with Crippen LogP contribution in [0.4, 0.5) is 0 Å². The monoisotopic (exact) mass is 357 g/mol. The fraction of sp³-hybridized carbons (Fsp3) is 0.444. The van der Waals surface area contributed by atoms with Crippen molar-refractivity contribution in [2.75, 3.05) is 27.2 Å². The van der Waals surface area contributed by atoms with Crippen LogP contribution in [-0.2, 0) is 21.7 Å². The zero-order valence-electron chi connectivity index (χ0n) is 15.0. The third-order valence-electron chi connectivity index (χ3n) is 4.90. The maximum atomic E-state index is 12.8. The normalized spacial score (nSPS) is 16.3. The van der Waals surface area contributed by atoms with Gasteiger partial charge in [-0.15, -0.1) is 0 Å². The van der Waals surface area contributed by atoms with Gasteiger partial charge >= 0.3 is 0 Å². The van der Waals surface area contributed by atoms with Gasteiger partial charge in [-0.05, 0) is 25.0 Å². The lowest BCUT2D eigenvalue weighted by Crippen LogP contribution is -2.56. The maximum Gasteiger partial charge on any atom is 0.250 e. The number of aromatic nitrogens is 3. The standard InChI is InChI=1S/C18H23N5O3/c1-20(2)17(26)18(23-11-5-9-19-23)7-12-21(13-8-18)16(25)14-22-10-4-3-6-15(22)24/h3-6,9-11H,7-8,12-14H2,1-2H3. The molecule has 0 aromatic carbocycles. The average molecular weight is 357 g/mol. The minimum atomic E-state index is -0.770. The van der Waals surface area contributed by atoms with Gasteiger partial charge < -0.3 is 14.4 Å². The summed E-state index contributed by atoms with van der Waals surface area (Å²) in [5, 5.41) is 4.29. The van der Waals surface area contributed by atoms with Crippen molar-refractivity contribution in [3.63, 3.8) is 0 Å². The van der Waals surface area contributed by atoms with E-state index in [-0.39, 0.29) is 23.9 Å². The van der Waals surface area contributed by atoms with Crippen LogP contribution in [0.15, 0.2) is 47.7 Å². The molecule has 0 saturated carbocycles. The van der Waals surface area contributed by atoms with Gasteiger partial charge in [0, 0.05) is 51.8 Å². The van der Waals surface area contributed by atoms with Crippen LogP contribution in [0.2, 0.25) is 0 Å². The van der Waals surface area contributed by atoms with Gasteiger partial charge in [0.15, 0.2) is 0 Å². The quantitative estimate of drug-likeness (QED) is 0.780. The van der Waals surface area contributed by atoms with E-state index in [1.165, 1.54) is 10.6 Å². The third-order valence-corrected chi connectivity index (χ3v) is 4.90. The van der Waals surface area contributed by atoms with Gasteiger partial charge in [-0.2, -0.15) is 5.10 Å². The Bertz CT molecular complexity index is 833. The Labute approximate surface area is 151 Å². The second-order valence-electron chi connectivity index (χ2n) is 6.73. The van der Waals surface area contributed by atoms with Crippen LogP contribution in [0.1, 0.15) is 12.8 Å². The number of amides is 2. The van der Waals surface area contributed by atoms with Crippen LogP contribution in [0.25, 0.3) is 0 Å². The average Bonchev–Trinajstić information content (AvgIpc) is 3.18. The molecule has 2 amide bonds. The van der Waals surface area contributed by atoms with E-state index >= 15 is 0 Å². The number of hydrogen-bond donors (Lipinski definition) is 0. The third kappa shape index (κ3) is 3.26. The summed E-state index contributed by atoms with van der Waals surface area (Å²) in [5.74, 6) is -0.141. The molecule has 26 heavy (non-hydrogen) atoms. The number of pyridine rings is 1. The van der Waals surface area contributed by atoms with Gasteiger partial charge in [0.2, 0.25) is 11.8 Å². The Kier molecular flexibility index (Phi) is 4.92. The minimum Gasteiger partial charge on any atom is -0.347 e. The second kappa shape index (κ2) is 7.15. The Morgan fingerprint density at radius 2 is 1.88 bits per heavy atom. The lowest BCUT2D eigenvalue weighted by Gasteiger charge is -2.42. The first-order chi connectivity index (χ1) is 12.4. The Morgan fingerprint density at radius 1 is 1.15 bits per heavy atom. The van der Waals surface area contributed by atoms with Crippen molar-refractivity contribution in [2.45, 2.75) is 24.9 Å². The molecule has 138 valence electrons. The molecule has 0 atom stereocenters. The van der Waals surface area contributed by atoms with E-state index in [4.69, 9.17) is 0 Å². The molecule has 8 nitrogen and oxygen atoms in total. The Morgan fingerprint density at radius 3 is 2.46 bits per heavy atom. The van der Waals surface area contributed by atoms with Crippen molar-refractivity contribution >= 4 is 11.8 Å². The molecule has 2 aromatic heterocycles. The molecule has 8 heteroatoms. The highest BCUT2D eigenvalue weighted by molar-refractivity contribution is 5.85. The SMILES string of the molecule is CN(C)C(=O)C1(n2cccn2)CCN(C(=O)Cn2ccccc2=O)CC1. The molecule has 0 aliphatic carbocycles. The van der Waals surface area contributed by atoms with Crippen molar-refractivity contribution in [3.05, 3.63) is 53.2 Å². The lowest BCUT2D eigenvalue weighted by molar-refractivity contribution is -0.145. The molecule has 3 rings (SSSR count). The van der Waals surface area contributed by atoms with Crippen molar-refractivity contribution in [2.24, 2.45) is 0 Å². The maximum absolute atomic E-state index is 12.8. The van der Waals surface area contributed by atoms with E-state index in [2.05, 4.69) is 5.10 Å². The lowest BCUT2D eigenvalue weighted by atomic mass is 9.86. The summed E-state index contributed by atoms with van der Waals surface area (Å²) in [6, 6.07) is 6.60. The summed E-state index contributed by atoms with van der Waals surface area (Å²) >= 11 is 0. The summed E-state index contributed by atoms with van der Waals surface area (Å²) in [6.07, 6.45) is 6.03. The van der Waals surface area contributed by atoms with Crippen molar-refractivity contribution < 1.29 is 9.59 Å². The summed E-state index contributed by atoms with van der Waals surface area (Å²) in [4.78, 5) is 40.5. The molecule has 1 aliphatic heterocycles. The number of nitrogens with zero attached hydrogens (tertiary/aromatic N) is 5. The summed E-state index contributed by atoms with van der Waals surface area (Å²) in [5.41, 5.74) is -0.973. The molecular formula is C18H23N5O3. The zero-order chi connectivity index (χ0) is 18.7. The van der Waals surface area contributed by atoms with Crippen LogP contribution in [-0.4, -0.2) is 63.1 Å². The first-order valence-corrected chi connectivity index (χ1v) is 8.59. The molecule has 0 N–H and O–H groups in total. The summed E-state index contributed by atoms with van der Waals surface area (Å²) < 4.78 is 3.10. The van der Waals surface area contributed by atoms with E-state index in [1.54, 1.807) is 65.4 Å². The summed E-state index contributed by atoms with van der Waals surface area (Å²) in [7, 11) is 3.46. The largest absolute Gasteiger partial charge is 0.347 e. The van der Waals surface area contributed by atoms with Crippen molar-refractivity contribution in [3.8, 4) is 0 Å². The predicted molar refractivity (Wildman–Crippen MR) is 95.4 cm³/mol. The highest BCUT2D eigenvalue weighted by Crippen LogP contribution is 2.31. The number of carbonyl (C=O) groups is 2. The molecule has 2 aromatic rings. The molecule has 1 saturated heterocycles. The number of rotatable bonds is 4. The molecular weight excluding hydrogens is 334 g/mol. The number of carbonyl (C=O) groups excluding carboxylic acids is 2. The first kappa shape index (κ1) is 17.9. The fourth-order valence-electron chi connectivity index (χ4n) is 3.44. The van der Waals surface area contributed by atoms with Gasteiger partial charge in [-0.3, -0.25) is 19.1 Å². The minimum absolute atomic E-state index is 0.00999. The highest BCUT2D eigenvalue weighted by Gasteiger charge is 2.45. The van der Waals surface area contributed by atoms with Gasteiger partial charge in [0.25, 0.3) is 5.56 Å². The van der Waals surface area contributed by atoms with E-state index in [1.807, 2.05) is 0 Å². The van der Waals surface area contributed by atoms with E-state index < -0.39 is 5.54 Å². The van der Waals surface area contributed by atoms with E-state index in [0.717, 1.165) is 0 Å². The smallest absolute Gasteiger partial charge is 0.250 e. The van der Waals surface area contributed by atoms with Crippen LogP contribution >= 0.6 is 0 Å². The van der Waals surface area contributed by atoms with Gasteiger partial charge in [-0.25, -0.2) is 0 Å². The molecule has 1 fully saturated rings. The topological polar surface area (TPSA) is 80.4 Å². The highest BCUT2D eigenvalue weighted by atomic mass is 16.2. The number of piperidine rings is 1. The molecule has 0 unspecified atom stereocenters. The van der Waals surface area contributed by atoms with Crippen LogP contribution in [0.5, 0.6) is 0 Å². The van der Waals surface area contributed by atoms with Crippen LogP contribution in [0, 0.1) is 0 Å². The Balaban J connectivity index is 1.74. The zero-order valence-corrected chi connectivity index (χ0v) is 15.0. The first-order valence-electron chi connectivity index (χ1n) is 8.59. The van der Waals surface area contributed by atoms with Crippen LogP contribution in [0.3, 0.4) is 0 Å². The predicted octanol–water partition coefficient (Wildman–Crippen LogP) is 0.151. The van der Waals surface area contributed by atoms with Gasteiger partial charge in [0.1, 0.15) is 12.1 Å². The van der Waals surface area contributed by atoms with E-state index in [0.29, 0.717) is 25.9 Å². The van der Waals surface area contributed by atoms with Gasteiger partial charge in [0.05, 0.1) is 0 Å². The molecule has 0 radical (unpaired) electrons. The van der Waals surface area contributed by atoms with Crippen molar-refractivity contribution in [1.29, 1.82) is 0 Å². The molecule has 3 heterocycles. The number of likely N-dealkylation sites (N-methyl/N-ethyl adjacent to an activating group) is 1. The molecule has 0 spiro atoms. The Hall–Kier alpha value is -2.90. The van der Waals surface area contributed by atoms with Crippen molar-refractivity contribution in [1.82, 2.24) is 24.1 Å². The van der Waals surface area contributed by atoms with Gasteiger partial charge in [-0.1, -0.05) is 6.07 Å². The fourth-order valence-corrected chi connectivity index (χ4v) is 3.44. The number of likely N-dealkylation sites (tertiary alicyclic amines) is 1. The van der Waals surface area contributed by atoms with Crippen LogP contribution < -0.4 is 5.56 Å². The summed E-state index contributed by atoms with van der Waals surface area (Å²) in [6.45, 7) is 0.899. The molecule has 1 aliphatic rings. The van der Waals surface area contributed by atoms with E-state index in [9.17, 15) is 14.4 Å². The second-order valence-corrected chi connectivity index (χ2v) is 6.73. The molecule has 0 bridgehead atoms.